The smallest absolute Gasteiger partial charge is 0.272 e. The molecule has 1 fully saturated rings. The summed E-state index contributed by atoms with van der Waals surface area (Å²) < 4.78 is 28.8. The fraction of sp³-hybridized carbons (Fsp3) is 0.368. The Labute approximate surface area is 159 Å². The van der Waals surface area contributed by atoms with Gasteiger partial charge in [-0.1, -0.05) is 12.1 Å². The molecule has 1 unspecified atom stereocenters. The fourth-order valence-electron chi connectivity index (χ4n) is 3.03. The molecule has 1 aliphatic rings. The number of ether oxygens (including phenoxy) is 1. The average Bonchev–Trinajstić information content (AvgIpc) is 3.03. The zero-order valence-corrected chi connectivity index (χ0v) is 16.2. The minimum absolute atomic E-state index is 0.0170. The van der Waals surface area contributed by atoms with Gasteiger partial charge in [0.25, 0.3) is 5.91 Å². The molecule has 2 aromatic rings. The van der Waals surface area contributed by atoms with Crippen molar-refractivity contribution in [2.45, 2.75) is 19.4 Å². The van der Waals surface area contributed by atoms with Crippen molar-refractivity contribution in [2.24, 2.45) is 0 Å². The number of amides is 1. The number of hydrogen-bond acceptors (Lipinski definition) is 6. The summed E-state index contributed by atoms with van der Waals surface area (Å²) in [6.07, 6.45) is 2.05. The zero-order chi connectivity index (χ0) is 19.4. The number of carbonyl (C=O) groups is 1. The quantitative estimate of drug-likeness (QED) is 0.817. The number of para-hydroxylation sites is 2. The van der Waals surface area contributed by atoms with E-state index in [0.717, 1.165) is 17.1 Å². The lowest BCUT2D eigenvalue weighted by Gasteiger charge is -2.23. The molecule has 0 spiro atoms. The highest BCUT2D eigenvalue weighted by Gasteiger charge is 2.33. The van der Waals surface area contributed by atoms with E-state index >= 15 is 0 Å². The summed E-state index contributed by atoms with van der Waals surface area (Å²) in [5, 5.41) is 3.23. The van der Waals surface area contributed by atoms with Gasteiger partial charge in [-0.15, -0.1) is 0 Å². The lowest BCUT2D eigenvalue weighted by molar-refractivity contribution is 0.0742. The van der Waals surface area contributed by atoms with Crippen LogP contribution in [0.4, 0.5) is 11.4 Å². The Balaban J connectivity index is 1.69. The number of hydrogen-bond donors (Lipinski definition) is 1. The summed E-state index contributed by atoms with van der Waals surface area (Å²) >= 11 is 0. The molecule has 144 valence electrons. The van der Waals surface area contributed by atoms with Gasteiger partial charge in [-0.05, 0) is 37.6 Å². The van der Waals surface area contributed by atoms with Crippen molar-refractivity contribution in [1.29, 1.82) is 0 Å². The first-order valence-corrected chi connectivity index (χ1v) is 10.6. The highest BCUT2D eigenvalue weighted by Crippen LogP contribution is 2.27. The number of pyridine rings is 1. The van der Waals surface area contributed by atoms with Gasteiger partial charge in [0.05, 0.1) is 35.7 Å². The molecular formula is C19H23N3O4S. The van der Waals surface area contributed by atoms with E-state index in [-0.39, 0.29) is 29.1 Å². The number of benzene rings is 1. The number of carbonyl (C=O) groups excluding carboxylic acids is 1. The molecule has 1 aromatic carbocycles. The van der Waals surface area contributed by atoms with Crippen molar-refractivity contribution < 1.29 is 17.9 Å². The summed E-state index contributed by atoms with van der Waals surface area (Å²) in [5.74, 6) is 0.606. The van der Waals surface area contributed by atoms with Crippen molar-refractivity contribution >= 4 is 27.1 Å². The van der Waals surface area contributed by atoms with E-state index in [1.807, 2.05) is 31.2 Å². The van der Waals surface area contributed by atoms with Gasteiger partial charge in [0.1, 0.15) is 11.4 Å². The van der Waals surface area contributed by atoms with Gasteiger partial charge in [-0.3, -0.25) is 4.79 Å². The molecule has 1 aliphatic heterocycles. The minimum Gasteiger partial charge on any atom is -0.492 e. The zero-order valence-electron chi connectivity index (χ0n) is 15.4. The Hall–Kier alpha value is -2.61. The van der Waals surface area contributed by atoms with Gasteiger partial charge in [-0.25, -0.2) is 13.4 Å². The van der Waals surface area contributed by atoms with Gasteiger partial charge >= 0.3 is 0 Å². The molecule has 0 bridgehead atoms. The van der Waals surface area contributed by atoms with Gasteiger partial charge in [-0.2, -0.15) is 0 Å². The maximum Gasteiger partial charge on any atom is 0.272 e. The molecule has 0 saturated carbocycles. The van der Waals surface area contributed by atoms with E-state index in [4.69, 9.17) is 4.74 Å². The first kappa shape index (κ1) is 19.2. The van der Waals surface area contributed by atoms with Crippen LogP contribution < -0.4 is 10.1 Å². The molecule has 1 atom stereocenters. The van der Waals surface area contributed by atoms with Crippen LogP contribution in [0.15, 0.2) is 42.6 Å². The summed E-state index contributed by atoms with van der Waals surface area (Å²) in [4.78, 5) is 18.3. The second-order valence-corrected chi connectivity index (χ2v) is 8.69. The van der Waals surface area contributed by atoms with Gasteiger partial charge in [0.15, 0.2) is 9.84 Å². The van der Waals surface area contributed by atoms with Gasteiger partial charge < -0.3 is 15.0 Å². The van der Waals surface area contributed by atoms with Crippen LogP contribution >= 0.6 is 0 Å². The number of anilines is 2. The summed E-state index contributed by atoms with van der Waals surface area (Å²) in [5.41, 5.74) is 1.82. The van der Waals surface area contributed by atoms with Gasteiger partial charge in [0.2, 0.25) is 0 Å². The van der Waals surface area contributed by atoms with Crippen LogP contribution in [0.25, 0.3) is 0 Å². The largest absolute Gasteiger partial charge is 0.492 e. The molecule has 3 rings (SSSR count). The predicted octanol–water partition coefficient (Wildman–Crippen LogP) is 2.48. The van der Waals surface area contributed by atoms with Crippen LogP contribution in [-0.2, 0) is 9.84 Å². The average molecular weight is 389 g/mol. The summed E-state index contributed by atoms with van der Waals surface area (Å²) in [6.45, 7) is 2.48. The van der Waals surface area contributed by atoms with Crippen molar-refractivity contribution in [3.8, 4) is 5.75 Å². The van der Waals surface area contributed by atoms with Crippen LogP contribution in [-0.4, -0.2) is 55.4 Å². The number of rotatable bonds is 6. The standard InChI is InChI=1S/C19H23N3O4S/c1-3-26-18-7-5-4-6-16(18)21-14-8-9-17(20-12-14)19(23)22(2)15-10-11-27(24,25)13-15/h4-9,12,15,21H,3,10-11,13H2,1-2H3. The molecule has 7 nitrogen and oxygen atoms in total. The molecule has 27 heavy (non-hydrogen) atoms. The van der Waals surface area contributed by atoms with E-state index in [2.05, 4.69) is 10.3 Å². The maximum atomic E-state index is 12.6. The van der Waals surface area contributed by atoms with E-state index in [1.54, 1.807) is 25.4 Å². The highest BCUT2D eigenvalue weighted by atomic mass is 32.2. The minimum atomic E-state index is -3.04. The van der Waals surface area contributed by atoms with Crippen LogP contribution in [0, 0.1) is 0 Å². The topological polar surface area (TPSA) is 88.6 Å². The Morgan fingerprint density at radius 1 is 1.30 bits per heavy atom. The van der Waals surface area contributed by atoms with Crippen LogP contribution in [0.5, 0.6) is 5.75 Å². The third-order valence-corrected chi connectivity index (χ3v) is 6.28. The predicted molar refractivity (Wildman–Crippen MR) is 104 cm³/mol. The molecule has 1 amide bonds. The Morgan fingerprint density at radius 3 is 2.70 bits per heavy atom. The third-order valence-electron chi connectivity index (χ3n) is 4.52. The Kier molecular flexibility index (Phi) is 5.65. The highest BCUT2D eigenvalue weighted by molar-refractivity contribution is 7.91. The number of nitrogens with one attached hydrogen (secondary N) is 1. The molecule has 0 radical (unpaired) electrons. The van der Waals surface area contributed by atoms with E-state index in [9.17, 15) is 13.2 Å². The second-order valence-electron chi connectivity index (χ2n) is 6.46. The van der Waals surface area contributed by atoms with Gasteiger partial charge in [0, 0.05) is 13.1 Å². The number of sulfone groups is 1. The lowest BCUT2D eigenvalue weighted by atomic mass is 10.2. The van der Waals surface area contributed by atoms with Crippen LogP contribution in [0.3, 0.4) is 0 Å². The second kappa shape index (κ2) is 7.96. The SMILES string of the molecule is CCOc1ccccc1Nc1ccc(C(=O)N(C)C2CCS(=O)(=O)C2)nc1. The molecule has 1 aromatic heterocycles. The first-order valence-electron chi connectivity index (χ1n) is 8.82. The van der Waals surface area contributed by atoms with Crippen molar-refractivity contribution in [3.05, 3.63) is 48.3 Å². The summed E-state index contributed by atoms with van der Waals surface area (Å²) in [6, 6.07) is 10.7. The summed E-state index contributed by atoms with van der Waals surface area (Å²) in [7, 11) is -1.42. The lowest BCUT2D eigenvalue weighted by Crippen LogP contribution is -2.38. The molecule has 1 N–H and O–H groups in total. The van der Waals surface area contributed by atoms with Crippen LogP contribution in [0.2, 0.25) is 0 Å². The molecule has 0 aliphatic carbocycles. The third kappa shape index (κ3) is 4.57. The normalized spacial score (nSPS) is 18.1. The number of nitrogens with zero attached hydrogens (tertiary/aromatic N) is 2. The van der Waals surface area contributed by atoms with Crippen LogP contribution in [0.1, 0.15) is 23.8 Å². The maximum absolute atomic E-state index is 12.6. The Morgan fingerprint density at radius 2 is 2.07 bits per heavy atom. The van der Waals surface area contributed by atoms with Crippen molar-refractivity contribution in [1.82, 2.24) is 9.88 Å². The van der Waals surface area contributed by atoms with Crippen molar-refractivity contribution in [3.63, 3.8) is 0 Å². The number of aromatic nitrogens is 1. The first-order chi connectivity index (χ1) is 12.9. The Bertz CT molecular complexity index is 913. The fourth-order valence-corrected chi connectivity index (χ4v) is 4.80. The molecular weight excluding hydrogens is 366 g/mol. The van der Waals surface area contributed by atoms with E-state index in [1.165, 1.54) is 4.90 Å². The molecule has 8 heteroatoms. The van der Waals surface area contributed by atoms with Crippen molar-refractivity contribution in [2.75, 3.05) is 30.5 Å². The molecule has 2 heterocycles. The molecule has 1 saturated heterocycles. The van der Waals surface area contributed by atoms with E-state index in [0.29, 0.717) is 13.0 Å². The monoisotopic (exact) mass is 389 g/mol. The van der Waals surface area contributed by atoms with E-state index < -0.39 is 9.84 Å².